The molecule has 0 aliphatic carbocycles. The largest absolute Gasteiger partial charge is 0.374 e. The molecular formula is C15H25N3O. The molecule has 4 nitrogen and oxygen atoms in total. The first kappa shape index (κ1) is 15.3. The Bertz CT molecular complexity index is 385. The number of anilines is 2. The Morgan fingerprint density at radius 3 is 2.21 bits per heavy atom. The summed E-state index contributed by atoms with van der Waals surface area (Å²) in [5.74, 6) is 0.0234. The van der Waals surface area contributed by atoms with E-state index >= 15 is 0 Å². The molecule has 0 aliphatic rings. The lowest BCUT2D eigenvalue weighted by Crippen LogP contribution is -2.37. The molecule has 1 unspecified atom stereocenters. The minimum absolute atomic E-state index is 0.0234. The van der Waals surface area contributed by atoms with Crippen LogP contribution in [0.2, 0.25) is 0 Å². The van der Waals surface area contributed by atoms with Crippen LogP contribution in [0.15, 0.2) is 24.3 Å². The van der Waals surface area contributed by atoms with Crippen LogP contribution < -0.4 is 15.5 Å². The number of benzene rings is 1. The summed E-state index contributed by atoms with van der Waals surface area (Å²) in [6.45, 7) is 10.7. The normalized spacial score (nSPS) is 11.8. The first-order chi connectivity index (χ1) is 9.12. The molecular weight excluding hydrogens is 238 g/mol. The van der Waals surface area contributed by atoms with Gasteiger partial charge in [-0.25, -0.2) is 0 Å². The number of hydrogen-bond acceptors (Lipinski definition) is 3. The van der Waals surface area contributed by atoms with Gasteiger partial charge < -0.3 is 15.5 Å². The lowest BCUT2D eigenvalue weighted by Gasteiger charge is -2.21. The molecule has 1 aromatic carbocycles. The van der Waals surface area contributed by atoms with Gasteiger partial charge >= 0.3 is 0 Å². The van der Waals surface area contributed by atoms with Gasteiger partial charge in [-0.3, -0.25) is 4.79 Å². The third-order valence-electron chi connectivity index (χ3n) is 3.12. The second-order valence-electron chi connectivity index (χ2n) is 4.48. The summed E-state index contributed by atoms with van der Waals surface area (Å²) in [4.78, 5) is 13.9. The molecule has 0 fully saturated rings. The quantitative estimate of drug-likeness (QED) is 0.794. The van der Waals surface area contributed by atoms with Gasteiger partial charge in [0.2, 0.25) is 5.91 Å². The predicted molar refractivity (Wildman–Crippen MR) is 81.8 cm³/mol. The van der Waals surface area contributed by atoms with Gasteiger partial charge in [0, 0.05) is 31.0 Å². The van der Waals surface area contributed by atoms with Crippen molar-refractivity contribution >= 4 is 17.3 Å². The van der Waals surface area contributed by atoms with Crippen LogP contribution in [0.4, 0.5) is 11.4 Å². The molecule has 0 aliphatic heterocycles. The molecule has 0 aromatic heterocycles. The lowest BCUT2D eigenvalue weighted by atomic mass is 10.2. The molecule has 1 atom stereocenters. The van der Waals surface area contributed by atoms with Crippen molar-refractivity contribution in [3.05, 3.63) is 24.3 Å². The predicted octanol–water partition coefficient (Wildman–Crippen LogP) is 2.47. The second kappa shape index (κ2) is 7.67. The number of amides is 1. The molecule has 0 radical (unpaired) electrons. The third kappa shape index (κ3) is 4.47. The van der Waals surface area contributed by atoms with E-state index in [0.717, 1.165) is 18.8 Å². The number of hydrogen-bond donors (Lipinski definition) is 2. The van der Waals surface area contributed by atoms with Crippen LogP contribution in [-0.4, -0.2) is 31.6 Å². The Hall–Kier alpha value is -1.71. The summed E-state index contributed by atoms with van der Waals surface area (Å²) in [7, 11) is 0. The van der Waals surface area contributed by atoms with E-state index in [1.165, 1.54) is 5.69 Å². The Morgan fingerprint density at radius 2 is 1.74 bits per heavy atom. The Kier molecular flexibility index (Phi) is 6.19. The van der Waals surface area contributed by atoms with Crippen molar-refractivity contribution in [1.29, 1.82) is 0 Å². The minimum atomic E-state index is -0.223. The van der Waals surface area contributed by atoms with Crippen molar-refractivity contribution in [3.8, 4) is 0 Å². The van der Waals surface area contributed by atoms with Crippen LogP contribution in [0, 0.1) is 0 Å². The zero-order valence-corrected chi connectivity index (χ0v) is 12.4. The van der Waals surface area contributed by atoms with Crippen LogP contribution >= 0.6 is 0 Å². The number of carbonyl (C=O) groups is 1. The van der Waals surface area contributed by atoms with E-state index in [1.54, 1.807) is 0 Å². The number of nitrogens with zero attached hydrogens (tertiary/aromatic N) is 1. The maximum Gasteiger partial charge on any atom is 0.242 e. The fourth-order valence-electron chi connectivity index (χ4n) is 2.00. The topological polar surface area (TPSA) is 44.4 Å². The molecule has 0 heterocycles. The summed E-state index contributed by atoms with van der Waals surface area (Å²) in [6, 6.07) is 7.98. The van der Waals surface area contributed by atoms with Gasteiger partial charge in [-0.05, 0) is 52.0 Å². The monoisotopic (exact) mass is 263 g/mol. The third-order valence-corrected chi connectivity index (χ3v) is 3.12. The number of nitrogens with one attached hydrogen (secondary N) is 2. The summed E-state index contributed by atoms with van der Waals surface area (Å²) in [5, 5.41) is 6.00. The number of likely N-dealkylation sites (N-methyl/N-ethyl adjacent to an activating group) is 1. The summed E-state index contributed by atoms with van der Waals surface area (Å²) >= 11 is 0. The van der Waals surface area contributed by atoms with E-state index < -0.39 is 0 Å². The summed E-state index contributed by atoms with van der Waals surface area (Å²) in [6.07, 6.45) is 0. The smallest absolute Gasteiger partial charge is 0.242 e. The van der Waals surface area contributed by atoms with Gasteiger partial charge in [-0.2, -0.15) is 0 Å². The van der Waals surface area contributed by atoms with Crippen molar-refractivity contribution in [1.82, 2.24) is 5.32 Å². The molecule has 0 spiro atoms. The van der Waals surface area contributed by atoms with Gasteiger partial charge in [-0.15, -0.1) is 0 Å². The Labute approximate surface area is 116 Å². The molecule has 1 amide bonds. The van der Waals surface area contributed by atoms with E-state index in [-0.39, 0.29) is 11.9 Å². The highest BCUT2D eigenvalue weighted by Crippen LogP contribution is 2.18. The van der Waals surface area contributed by atoms with E-state index in [0.29, 0.717) is 6.54 Å². The number of rotatable bonds is 7. The SMILES string of the molecule is CCNC(=O)C(C)Nc1ccc(N(CC)CC)cc1. The highest BCUT2D eigenvalue weighted by molar-refractivity contribution is 5.84. The van der Waals surface area contributed by atoms with Crippen molar-refractivity contribution in [2.45, 2.75) is 33.7 Å². The minimum Gasteiger partial charge on any atom is -0.374 e. The van der Waals surface area contributed by atoms with Crippen LogP contribution in [0.5, 0.6) is 0 Å². The van der Waals surface area contributed by atoms with E-state index in [9.17, 15) is 4.79 Å². The highest BCUT2D eigenvalue weighted by atomic mass is 16.2. The lowest BCUT2D eigenvalue weighted by molar-refractivity contribution is -0.121. The van der Waals surface area contributed by atoms with Crippen molar-refractivity contribution in [2.75, 3.05) is 29.9 Å². The van der Waals surface area contributed by atoms with E-state index in [1.807, 2.05) is 26.0 Å². The zero-order chi connectivity index (χ0) is 14.3. The first-order valence-electron chi connectivity index (χ1n) is 7.01. The van der Waals surface area contributed by atoms with Crippen molar-refractivity contribution in [2.24, 2.45) is 0 Å². The second-order valence-corrected chi connectivity index (χ2v) is 4.48. The Balaban J connectivity index is 2.64. The van der Waals surface area contributed by atoms with Crippen molar-refractivity contribution in [3.63, 3.8) is 0 Å². The fraction of sp³-hybridized carbons (Fsp3) is 0.533. The first-order valence-corrected chi connectivity index (χ1v) is 7.01. The van der Waals surface area contributed by atoms with Crippen LogP contribution in [-0.2, 0) is 4.79 Å². The molecule has 4 heteroatoms. The van der Waals surface area contributed by atoms with Gasteiger partial charge in [0.25, 0.3) is 0 Å². The fourth-order valence-corrected chi connectivity index (χ4v) is 2.00. The van der Waals surface area contributed by atoms with Crippen LogP contribution in [0.3, 0.4) is 0 Å². The highest BCUT2D eigenvalue weighted by Gasteiger charge is 2.11. The zero-order valence-electron chi connectivity index (χ0n) is 12.4. The van der Waals surface area contributed by atoms with Crippen LogP contribution in [0.25, 0.3) is 0 Å². The average Bonchev–Trinajstić information content (AvgIpc) is 2.42. The molecule has 0 saturated heterocycles. The van der Waals surface area contributed by atoms with E-state index in [4.69, 9.17) is 0 Å². The molecule has 2 N–H and O–H groups in total. The van der Waals surface area contributed by atoms with E-state index in [2.05, 4.69) is 41.5 Å². The summed E-state index contributed by atoms with van der Waals surface area (Å²) in [5.41, 5.74) is 2.18. The molecule has 0 saturated carbocycles. The maximum atomic E-state index is 11.6. The van der Waals surface area contributed by atoms with Gasteiger partial charge in [0.1, 0.15) is 6.04 Å². The standard InChI is InChI=1S/C15H25N3O/c1-5-16-15(19)12(4)17-13-8-10-14(11-9-13)18(6-2)7-3/h8-12,17H,5-7H2,1-4H3,(H,16,19). The van der Waals surface area contributed by atoms with Crippen LogP contribution in [0.1, 0.15) is 27.7 Å². The average molecular weight is 263 g/mol. The summed E-state index contributed by atoms with van der Waals surface area (Å²) < 4.78 is 0. The van der Waals surface area contributed by atoms with Gasteiger partial charge in [-0.1, -0.05) is 0 Å². The number of carbonyl (C=O) groups excluding carboxylic acids is 1. The van der Waals surface area contributed by atoms with Gasteiger partial charge in [0.15, 0.2) is 0 Å². The molecule has 1 rings (SSSR count). The van der Waals surface area contributed by atoms with Gasteiger partial charge in [0.05, 0.1) is 0 Å². The molecule has 106 valence electrons. The molecule has 1 aromatic rings. The van der Waals surface area contributed by atoms with Crippen molar-refractivity contribution < 1.29 is 4.79 Å². The Morgan fingerprint density at radius 1 is 1.16 bits per heavy atom. The molecule has 19 heavy (non-hydrogen) atoms. The molecule has 0 bridgehead atoms. The maximum absolute atomic E-state index is 11.6.